The van der Waals surface area contributed by atoms with Crippen LogP contribution >= 0.6 is 104 Å². The quantitative estimate of drug-likeness (QED) is 0.128. The maximum Gasteiger partial charge on any atom is 0.288 e. The maximum atomic E-state index is 13.3. The molecule has 492 valence electrons. The number of rotatable bonds is 3. The van der Waals surface area contributed by atoms with Gasteiger partial charge in [0.1, 0.15) is 16.7 Å². The van der Waals surface area contributed by atoms with Gasteiger partial charge in [0, 0.05) is 61.0 Å². The number of hydrogen-bond acceptors (Lipinski definition) is 6. The highest BCUT2D eigenvalue weighted by molar-refractivity contribution is 6.42. The van der Waals surface area contributed by atoms with Crippen LogP contribution in [0.5, 0.6) is 0 Å². The second kappa shape index (κ2) is 34.4. The summed E-state index contributed by atoms with van der Waals surface area (Å²) in [7, 11) is 0. The molecule has 0 spiro atoms. The zero-order valence-corrected chi connectivity index (χ0v) is 61.9. The van der Waals surface area contributed by atoms with Gasteiger partial charge in [-0.15, -0.1) is 0 Å². The molecule has 9 nitrogen and oxygen atoms in total. The van der Waals surface area contributed by atoms with E-state index in [4.69, 9.17) is 104 Å². The van der Waals surface area contributed by atoms with Gasteiger partial charge in [0.15, 0.2) is 0 Å². The van der Waals surface area contributed by atoms with Gasteiger partial charge >= 0.3 is 0 Å². The molecule has 0 aliphatic heterocycles. The van der Waals surface area contributed by atoms with Gasteiger partial charge in [-0.05, 0) is 132 Å². The molecular weight excluding hydrogens is 1340 g/mol. The fourth-order valence-corrected chi connectivity index (χ4v) is 11.1. The molecule has 0 saturated carbocycles. The van der Waals surface area contributed by atoms with E-state index in [1.54, 1.807) is 48.5 Å². The first-order valence-electron chi connectivity index (χ1n) is 28.3. The van der Waals surface area contributed by atoms with Crippen molar-refractivity contribution in [1.82, 2.24) is 0 Å². The lowest BCUT2D eigenvalue weighted by molar-refractivity contribution is -0.385. The van der Waals surface area contributed by atoms with E-state index in [1.807, 2.05) is 134 Å². The van der Waals surface area contributed by atoms with Crippen molar-refractivity contribution in [3.63, 3.8) is 0 Å². The number of nitro benzene ring substituents is 3. The van der Waals surface area contributed by atoms with Crippen LogP contribution in [0.4, 0.5) is 25.8 Å². The number of halogens is 11. The minimum atomic E-state index is -0.461. The highest BCUT2D eigenvalue weighted by atomic mass is 35.5. The Morgan fingerprint density at radius 1 is 0.322 bits per heavy atom. The Hall–Kier alpha value is -4.79. The highest BCUT2D eigenvalue weighted by Gasteiger charge is 2.25. The SMILES string of the molecule is CC(C)(C)c1c(F)cccc1Cl.CC(C)(C)c1cc(Cl)ccc1Cl.CC(C)(C)c1cc([N+](=O)[O-])ccc1Cl.CC(C)(C)c1ccc(Cl)c([N+](=O)[O-])c1.CC(C)(C)c1ccc(F)cc1Cl.CC(C)(C)c1ccc([N+](=O)[O-])cc1Cl.CC(C)(C)c1cccc(Cl)c1Cl. The van der Waals surface area contributed by atoms with Crippen LogP contribution in [0.25, 0.3) is 0 Å². The Labute approximate surface area is 577 Å². The Morgan fingerprint density at radius 2 is 0.722 bits per heavy atom. The Morgan fingerprint density at radius 3 is 1.10 bits per heavy atom. The summed E-state index contributed by atoms with van der Waals surface area (Å²) in [5.41, 5.74) is 5.96. The molecule has 0 N–H and O–H groups in total. The number of nitrogens with zero attached hydrogens (tertiary/aromatic N) is 3. The van der Waals surface area contributed by atoms with Gasteiger partial charge in [-0.25, -0.2) is 8.78 Å². The van der Waals surface area contributed by atoms with Gasteiger partial charge < -0.3 is 0 Å². The van der Waals surface area contributed by atoms with Crippen molar-refractivity contribution in [2.75, 3.05) is 0 Å². The number of benzene rings is 7. The molecule has 0 aromatic heterocycles. The minimum absolute atomic E-state index is 0.0230. The Balaban J connectivity index is 0.000000526. The van der Waals surface area contributed by atoms with E-state index in [0.717, 1.165) is 43.4 Å². The van der Waals surface area contributed by atoms with Crippen molar-refractivity contribution in [1.29, 1.82) is 0 Å². The second-order valence-corrected chi connectivity index (χ2v) is 31.6. The summed E-state index contributed by atoms with van der Waals surface area (Å²) >= 11 is 53.2. The molecule has 20 heteroatoms. The zero-order chi connectivity index (χ0) is 70.2. The first-order chi connectivity index (χ1) is 40.6. The molecule has 0 bridgehead atoms. The van der Waals surface area contributed by atoms with Crippen molar-refractivity contribution in [2.45, 2.75) is 183 Å². The largest absolute Gasteiger partial charge is 0.288 e. The monoisotopic (exact) mass is 1420 g/mol. The summed E-state index contributed by atoms with van der Waals surface area (Å²) in [4.78, 5) is 30.3. The number of nitro groups is 3. The van der Waals surface area contributed by atoms with Gasteiger partial charge in [-0.3, -0.25) is 30.3 Å². The summed E-state index contributed by atoms with van der Waals surface area (Å²) in [6.07, 6.45) is 0. The van der Waals surface area contributed by atoms with Crippen molar-refractivity contribution in [3.8, 4) is 0 Å². The number of non-ortho nitro benzene ring substituents is 2. The lowest BCUT2D eigenvalue weighted by atomic mass is 9.86. The van der Waals surface area contributed by atoms with Crippen molar-refractivity contribution in [3.05, 3.63) is 254 Å². The van der Waals surface area contributed by atoms with Crippen LogP contribution in [0.2, 0.25) is 45.2 Å². The van der Waals surface area contributed by atoms with Gasteiger partial charge in [0.05, 0.1) is 29.8 Å². The van der Waals surface area contributed by atoms with Crippen LogP contribution in [-0.2, 0) is 37.9 Å². The average molecular weight is 1420 g/mol. The van der Waals surface area contributed by atoms with Gasteiger partial charge in [-0.1, -0.05) is 286 Å². The molecule has 0 atom stereocenters. The fourth-order valence-electron chi connectivity index (χ4n) is 8.01. The molecule has 90 heavy (non-hydrogen) atoms. The second-order valence-electron chi connectivity index (χ2n) is 28.0. The molecule has 7 rings (SSSR count). The minimum Gasteiger partial charge on any atom is -0.258 e. The molecule has 0 amide bonds. The number of hydrogen-bond donors (Lipinski definition) is 0. The van der Waals surface area contributed by atoms with Gasteiger partial charge in [0.2, 0.25) is 0 Å². The molecule has 0 unspecified atom stereocenters. The summed E-state index contributed by atoms with van der Waals surface area (Å²) < 4.78 is 25.9. The van der Waals surface area contributed by atoms with Crippen molar-refractivity contribution < 1.29 is 23.6 Å². The Bertz CT molecular complexity index is 3540. The maximum absolute atomic E-state index is 13.3. The Kier molecular flexibility index (Phi) is 31.8. The third-order valence-electron chi connectivity index (χ3n) is 12.9. The topological polar surface area (TPSA) is 129 Å². The van der Waals surface area contributed by atoms with Crippen LogP contribution in [0, 0.1) is 42.0 Å². The van der Waals surface area contributed by atoms with Crippen LogP contribution in [0.1, 0.15) is 184 Å². The molecule has 0 fully saturated rings. The summed E-state index contributed by atoms with van der Waals surface area (Å²) in [6.45, 7) is 42.6. The van der Waals surface area contributed by atoms with Crippen LogP contribution in [0.15, 0.2) is 127 Å². The van der Waals surface area contributed by atoms with Crippen LogP contribution in [0.3, 0.4) is 0 Å². The molecule has 0 aliphatic rings. The standard InChI is InChI=1S/2C10H12Cl2.2C10H12ClF.3C10H12ClNO2/c1-10(2,3)8-6-7(11)4-5-9(8)12;1-10(2,3)7-5-4-6-8(11)9(7)12;1-10(2,3)8-5-4-7(12)6-9(8)11;1-10(2,3)9-7(11)5-4-6-8(9)12;1-10(2,3)8-6-7(12(13)14)4-5-9(8)11;1-10(2,3)8-5-4-7(12(13)14)6-9(8)11;1-10(2,3)7-4-5-8(11)9(6-7)12(13)14/h4*4-6H,1-3H3;3*4-6H,1-3H3. The smallest absolute Gasteiger partial charge is 0.258 e. The normalized spacial score (nSPS) is 11.6. The third-order valence-corrected chi connectivity index (χ3v) is 15.9. The van der Waals surface area contributed by atoms with E-state index in [0.29, 0.717) is 35.7 Å². The predicted molar refractivity (Wildman–Crippen MR) is 381 cm³/mol. The third kappa shape index (κ3) is 27.8. The summed E-state index contributed by atoms with van der Waals surface area (Å²) in [6, 6.07) is 34.6. The molecule has 0 heterocycles. The van der Waals surface area contributed by atoms with E-state index in [-0.39, 0.29) is 71.6 Å². The lowest BCUT2D eigenvalue weighted by Crippen LogP contribution is -2.14. The zero-order valence-electron chi connectivity index (χ0n) is 55.1. The molecule has 0 saturated heterocycles. The van der Waals surface area contributed by atoms with E-state index in [1.165, 1.54) is 48.5 Å². The molecular formula is C70H84Cl9F2N3O6. The van der Waals surface area contributed by atoms with Crippen molar-refractivity contribution in [2.24, 2.45) is 0 Å². The first kappa shape index (κ1) is 83.2. The summed E-state index contributed by atoms with van der Waals surface area (Å²) in [5, 5.41) is 36.7. The fraction of sp³-hybridized carbons (Fsp3) is 0.400. The van der Waals surface area contributed by atoms with Crippen LogP contribution in [-0.4, -0.2) is 14.8 Å². The lowest BCUT2D eigenvalue weighted by Gasteiger charge is -2.20. The van der Waals surface area contributed by atoms with E-state index in [2.05, 4.69) is 41.5 Å². The summed E-state index contributed by atoms with van der Waals surface area (Å²) in [5.74, 6) is -0.511. The molecule has 7 aromatic rings. The van der Waals surface area contributed by atoms with Gasteiger partial charge in [0.25, 0.3) is 17.1 Å². The average Bonchev–Trinajstić information content (AvgIpc) is 1.74. The van der Waals surface area contributed by atoms with E-state index < -0.39 is 14.8 Å². The molecule has 0 radical (unpaired) electrons. The molecule has 7 aromatic carbocycles. The van der Waals surface area contributed by atoms with E-state index in [9.17, 15) is 39.1 Å². The predicted octanol–water partition coefficient (Wildman–Crippen LogP) is 26.8. The van der Waals surface area contributed by atoms with Crippen molar-refractivity contribution >= 4 is 121 Å². The van der Waals surface area contributed by atoms with Crippen LogP contribution < -0.4 is 0 Å². The highest BCUT2D eigenvalue weighted by Crippen LogP contribution is 2.38. The first-order valence-corrected chi connectivity index (χ1v) is 31.7. The van der Waals surface area contributed by atoms with Gasteiger partial charge in [-0.2, -0.15) is 0 Å². The molecule has 0 aliphatic carbocycles. The van der Waals surface area contributed by atoms with E-state index >= 15 is 0 Å².